The number of nitro benzene ring substituents is 1. The number of nitrogens with zero attached hydrogens (tertiary/aromatic N) is 2. The van der Waals surface area contributed by atoms with Crippen molar-refractivity contribution in [1.82, 2.24) is 9.97 Å². The molecule has 0 saturated heterocycles. The SMILES string of the molecule is CC(C)Nc1ncc(-c2cc(F)cc([N+](=O)[O-])c2)[nH]c1=O. The van der Waals surface area contributed by atoms with Crippen molar-refractivity contribution in [3.8, 4) is 11.3 Å². The number of aromatic amines is 1. The summed E-state index contributed by atoms with van der Waals surface area (Å²) in [7, 11) is 0. The first kappa shape index (κ1) is 14.6. The Morgan fingerprint density at radius 3 is 2.67 bits per heavy atom. The third-order valence-electron chi connectivity index (χ3n) is 2.62. The van der Waals surface area contributed by atoms with Crippen LogP contribution in [0.2, 0.25) is 0 Å². The number of hydrogen-bond acceptors (Lipinski definition) is 5. The van der Waals surface area contributed by atoms with Crippen LogP contribution in [0.25, 0.3) is 11.3 Å². The Kier molecular flexibility index (Phi) is 3.97. The second kappa shape index (κ2) is 5.70. The minimum atomic E-state index is -0.760. The molecule has 8 heteroatoms. The Bertz CT molecular complexity index is 742. The van der Waals surface area contributed by atoms with Crippen LogP contribution in [0.4, 0.5) is 15.9 Å². The largest absolute Gasteiger partial charge is 0.363 e. The molecule has 0 unspecified atom stereocenters. The monoisotopic (exact) mass is 292 g/mol. The standard InChI is InChI=1S/C13H13FN4O3/c1-7(2)16-12-13(19)17-11(6-15-12)8-3-9(14)5-10(4-8)18(20)21/h3-7H,1-2H3,(H,15,16)(H,17,19). The van der Waals surface area contributed by atoms with Crippen molar-refractivity contribution in [2.75, 3.05) is 5.32 Å². The summed E-state index contributed by atoms with van der Waals surface area (Å²) in [6.45, 7) is 3.70. The highest BCUT2D eigenvalue weighted by Gasteiger charge is 2.13. The molecule has 7 nitrogen and oxygen atoms in total. The van der Waals surface area contributed by atoms with Gasteiger partial charge in [-0.15, -0.1) is 0 Å². The van der Waals surface area contributed by atoms with Gasteiger partial charge in [-0.05, 0) is 19.9 Å². The van der Waals surface area contributed by atoms with Gasteiger partial charge in [0.2, 0.25) is 0 Å². The normalized spacial score (nSPS) is 10.7. The average molecular weight is 292 g/mol. The number of non-ortho nitro benzene ring substituents is 1. The highest BCUT2D eigenvalue weighted by molar-refractivity contribution is 5.62. The fourth-order valence-corrected chi connectivity index (χ4v) is 1.76. The predicted molar refractivity (Wildman–Crippen MR) is 75.7 cm³/mol. The molecule has 1 aromatic heterocycles. The smallest absolute Gasteiger partial charge is 0.291 e. The van der Waals surface area contributed by atoms with E-state index in [9.17, 15) is 19.3 Å². The Hall–Kier alpha value is -2.77. The van der Waals surface area contributed by atoms with E-state index >= 15 is 0 Å². The van der Waals surface area contributed by atoms with Crippen molar-refractivity contribution in [3.63, 3.8) is 0 Å². The maximum atomic E-state index is 13.4. The summed E-state index contributed by atoms with van der Waals surface area (Å²) in [5.41, 5.74) is -0.484. The molecule has 2 aromatic rings. The summed E-state index contributed by atoms with van der Waals surface area (Å²) >= 11 is 0. The Morgan fingerprint density at radius 1 is 1.38 bits per heavy atom. The maximum absolute atomic E-state index is 13.4. The molecule has 0 aliphatic carbocycles. The highest BCUT2D eigenvalue weighted by atomic mass is 19.1. The number of anilines is 1. The van der Waals surface area contributed by atoms with Gasteiger partial charge >= 0.3 is 0 Å². The predicted octanol–water partition coefficient (Wildman–Crippen LogP) is 2.30. The van der Waals surface area contributed by atoms with Crippen LogP contribution in [-0.2, 0) is 0 Å². The molecule has 1 heterocycles. The quantitative estimate of drug-likeness (QED) is 0.665. The molecule has 21 heavy (non-hydrogen) atoms. The summed E-state index contributed by atoms with van der Waals surface area (Å²) in [5.74, 6) is -0.621. The summed E-state index contributed by atoms with van der Waals surface area (Å²) in [6.07, 6.45) is 1.32. The average Bonchev–Trinajstić information content (AvgIpc) is 2.39. The van der Waals surface area contributed by atoms with Crippen LogP contribution in [0.5, 0.6) is 0 Å². The van der Waals surface area contributed by atoms with Gasteiger partial charge in [-0.2, -0.15) is 0 Å². The number of H-pyrrole nitrogens is 1. The lowest BCUT2D eigenvalue weighted by molar-refractivity contribution is -0.385. The van der Waals surface area contributed by atoms with Crippen molar-refractivity contribution in [2.45, 2.75) is 19.9 Å². The molecule has 0 aliphatic rings. The Labute approximate surface area is 119 Å². The fourth-order valence-electron chi connectivity index (χ4n) is 1.76. The van der Waals surface area contributed by atoms with Gasteiger partial charge in [0.05, 0.1) is 22.9 Å². The number of rotatable bonds is 4. The van der Waals surface area contributed by atoms with Gasteiger partial charge < -0.3 is 10.3 Å². The zero-order valence-corrected chi connectivity index (χ0v) is 11.4. The molecule has 2 N–H and O–H groups in total. The lowest BCUT2D eigenvalue weighted by atomic mass is 10.1. The van der Waals surface area contributed by atoms with Gasteiger partial charge in [-0.1, -0.05) is 0 Å². The maximum Gasteiger partial charge on any atom is 0.291 e. The second-order valence-corrected chi connectivity index (χ2v) is 4.73. The second-order valence-electron chi connectivity index (χ2n) is 4.73. The van der Waals surface area contributed by atoms with Gasteiger partial charge in [0.15, 0.2) is 5.82 Å². The van der Waals surface area contributed by atoms with Crippen LogP contribution in [0.1, 0.15) is 13.8 Å². The Balaban J connectivity index is 2.45. The van der Waals surface area contributed by atoms with Crippen molar-refractivity contribution < 1.29 is 9.31 Å². The molecule has 0 radical (unpaired) electrons. The molecule has 0 fully saturated rings. The van der Waals surface area contributed by atoms with E-state index in [4.69, 9.17) is 0 Å². The van der Waals surface area contributed by atoms with Gasteiger partial charge in [-0.25, -0.2) is 9.37 Å². The van der Waals surface area contributed by atoms with Crippen LogP contribution in [0.3, 0.4) is 0 Å². The molecule has 0 aliphatic heterocycles. The van der Waals surface area contributed by atoms with E-state index in [2.05, 4.69) is 15.3 Å². The molecule has 0 amide bonds. The van der Waals surface area contributed by atoms with Crippen LogP contribution >= 0.6 is 0 Å². The minimum absolute atomic E-state index is 0.0275. The first-order chi connectivity index (χ1) is 9.86. The zero-order valence-electron chi connectivity index (χ0n) is 11.4. The number of halogens is 1. The van der Waals surface area contributed by atoms with E-state index in [1.807, 2.05) is 13.8 Å². The number of nitrogens with one attached hydrogen (secondary N) is 2. The van der Waals surface area contributed by atoms with Crippen LogP contribution in [0, 0.1) is 15.9 Å². The third-order valence-corrected chi connectivity index (χ3v) is 2.62. The first-order valence-electron chi connectivity index (χ1n) is 6.18. The fraction of sp³-hybridized carbons (Fsp3) is 0.231. The molecule has 0 bridgehead atoms. The summed E-state index contributed by atoms with van der Waals surface area (Å²) < 4.78 is 13.4. The minimum Gasteiger partial charge on any atom is -0.363 e. The van der Waals surface area contributed by atoms with E-state index in [1.165, 1.54) is 12.3 Å². The van der Waals surface area contributed by atoms with Crippen molar-refractivity contribution in [3.05, 3.63) is 50.7 Å². The van der Waals surface area contributed by atoms with Gasteiger partial charge in [-0.3, -0.25) is 14.9 Å². The van der Waals surface area contributed by atoms with E-state index < -0.39 is 22.0 Å². The van der Waals surface area contributed by atoms with Crippen LogP contribution in [0.15, 0.2) is 29.2 Å². The van der Waals surface area contributed by atoms with Gasteiger partial charge in [0.25, 0.3) is 11.2 Å². The topological polar surface area (TPSA) is 101 Å². The van der Waals surface area contributed by atoms with Crippen molar-refractivity contribution in [2.24, 2.45) is 0 Å². The van der Waals surface area contributed by atoms with Crippen LogP contribution < -0.4 is 10.9 Å². The summed E-state index contributed by atoms with van der Waals surface area (Å²) in [5, 5.41) is 13.6. The molecular formula is C13H13FN4O3. The first-order valence-corrected chi connectivity index (χ1v) is 6.18. The van der Waals surface area contributed by atoms with E-state index in [0.29, 0.717) is 0 Å². The lowest BCUT2D eigenvalue weighted by Crippen LogP contribution is -2.21. The van der Waals surface area contributed by atoms with E-state index in [1.54, 1.807) is 0 Å². The van der Waals surface area contributed by atoms with E-state index in [-0.39, 0.29) is 23.1 Å². The highest BCUT2D eigenvalue weighted by Crippen LogP contribution is 2.23. The Morgan fingerprint density at radius 2 is 2.10 bits per heavy atom. The number of aromatic nitrogens is 2. The number of hydrogen-bond donors (Lipinski definition) is 2. The molecule has 1 aromatic carbocycles. The molecule has 0 atom stereocenters. The van der Waals surface area contributed by atoms with Crippen molar-refractivity contribution in [1.29, 1.82) is 0 Å². The molecule has 110 valence electrons. The van der Waals surface area contributed by atoms with E-state index in [0.717, 1.165) is 12.1 Å². The summed E-state index contributed by atoms with van der Waals surface area (Å²) in [6, 6.07) is 3.10. The zero-order chi connectivity index (χ0) is 15.6. The van der Waals surface area contributed by atoms with Crippen molar-refractivity contribution >= 4 is 11.5 Å². The van der Waals surface area contributed by atoms with Crippen LogP contribution in [-0.4, -0.2) is 20.9 Å². The number of benzene rings is 1. The molecule has 0 spiro atoms. The molecule has 0 saturated carbocycles. The molecule has 2 rings (SSSR count). The van der Waals surface area contributed by atoms with Gasteiger partial charge in [0, 0.05) is 17.7 Å². The third kappa shape index (κ3) is 3.41. The number of nitro groups is 1. The van der Waals surface area contributed by atoms with Gasteiger partial charge in [0.1, 0.15) is 5.82 Å². The molecular weight excluding hydrogens is 279 g/mol. The summed E-state index contributed by atoms with van der Waals surface area (Å²) in [4.78, 5) is 28.3. The lowest BCUT2D eigenvalue weighted by Gasteiger charge is -2.08.